The maximum atomic E-state index is 13.1. The van der Waals surface area contributed by atoms with Crippen molar-refractivity contribution < 1.29 is 23.7 Å². The van der Waals surface area contributed by atoms with E-state index in [1.807, 2.05) is 36.1 Å². The third kappa shape index (κ3) is 3.37. The topological polar surface area (TPSA) is 57.2 Å². The Labute approximate surface area is 171 Å². The van der Waals surface area contributed by atoms with Gasteiger partial charge >= 0.3 is 0 Å². The van der Waals surface area contributed by atoms with Crippen LogP contribution in [0, 0.1) is 11.8 Å². The number of methoxy groups -OCH3 is 3. The molecule has 0 radical (unpaired) electrons. The zero-order valence-corrected chi connectivity index (χ0v) is 17.3. The molecule has 0 aromatic heterocycles. The minimum Gasteiger partial charge on any atom is -0.494 e. The van der Waals surface area contributed by atoms with Crippen LogP contribution in [0.3, 0.4) is 0 Å². The van der Waals surface area contributed by atoms with E-state index in [9.17, 15) is 4.79 Å². The summed E-state index contributed by atoms with van der Waals surface area (Å²) in [4.78, 5) is 15.0. The van der Waals surface area contributed by atoms with Crippen molar-refractivity contribution in [2.45, 2.75) is 25.8 Å². The second-order valence-corrected chi connectivity index (χ2v) is 7.40. The summed E-state index contributed by atoms with van der Waals surface area (Å²) >= 11 is 0. The average Bonchev–Trinajstić information content (AvgIpc) is 3.56. The van der Waals surface area contributed by atoms with Crippen LogP contribution in [-0.2, 0) is 4.79 Å². The zero-order chi connectivity index (χ0) is 20.5. The lowest BCUT2D eigenvalue weighted by Crippen LogP contribution is -2.56. The Hall–Kier alpha value is -2.89. The van der Waals surface area contributed by atoms with E-state index < -0.39 is 0 Å². The molecule has 2 aromatic rings. The molecule has 1 saturated heterocycles. The molecule has 0 bridgehead atoms. The van der Waals surface area contributed by atoms with Gasteiger partial charge in [-0.1, -0.05) is 12.1 Å². The Bertz CT molecular complexity index is 866. The molecule has 154 valence electrons. The predicted molar refractivity (Wildman–Crippen MR) is 110 cm³/mol. The minimum atomic E-state index is -0.00603. The van der Waals surface area contributed by atoms with Gasteiger partial charge in [0.1, 0.15) is 5.75 Å². The molecule has 6 heteroatoms. The van der Waals surface area contributed by atoms with Gasteiger partial charge in [-0.05, 0) is 43.4 Å². The number of amides is 1. The normalized spacial score (nSPS) is 20.8. The van der Waals surface area contributed by atoms with Crippen LogP contribution in [-0.4, -0.2) is 33.8 Å². The fraction of sp³-hybridized carbons (Fsp3) is 0.435. The summed E-state index contributed by atoms with van der Waals surface area (Å²) in [7, 11) is 4.73. The van der Waals surface area contributed by atoms with Gasteiger partial charge in [0.15, 0.2) is 11.5 Å². The molecular formula is C23H27NO5. The summed E-state index contributed by atoms with van der Waals surface area (Å²) in [6, 6.07) is 11.7. The van der Waals surface area contributed by atoms with Gasteiger partial charge in [-0.15, -0.1) is 0 Å². The summed E-state index contributed by atoms with van der Waals surface area (Å²) in [5, 5.41) is 0. The second-order valence-electron chi connectivity index (χ2n) is 7.40. The number of carbonyl (C=O) groups is 1. The maximum Gasteiger partial charge on any atom is 0.233 e. The predicted octanol–water partition coefficient (Wildman–Crippen LogP) is 4.23. The number of hydrogen-bond acceptors (Lipinski definition) is 5. The summed E-state index contributed by atoms with van der Waals surface area (Å²) in [6.45, 7) is 2.59. The highest BCUT2D eigenvalue weighted by atomic mass is 16.5. The maximum absolute atomic E-state index is 13.1. The first-order valence-corrected chi connectivity index (χ1v) is 9.98. The van der Waals surface area contributed by atoms with Gasteiger partial charge in [0.05, 0.1) is 45.6 Å². The molecule has 2 aromatic carbocycles. The van der Waals surface area contributed by atoms with Crippen LogP contribution in [0.1, 0.15) is 31.4 Å². The quantitative estimate of drug-likeness (QED) is 0.624. The molecule has 29 heavy (non-hydrogen) atoms. The molecule has 0 N–H and O–H groups in total. The molecule has 1 amide bonds. The van der Waals surface area contributed by atoms with Gasteiger partial charge in [-0.3, -0.25) is 4.79 Å². The lowest BCUT2D eigenvalue weighted by atomic mass is 9.78. The second kappa shape index (κ2) is 7.85. The van der Waals surface area contributed by atoms with Crippen LogP contribution in [0.4, 0.5) is 5.69 Å². The monoisotopic (exact) mass is 397 g/mol. The Kier molecular flexibility index (Phi) is 5.26. The number of carbonyl (C=O) groups excluding carboxylic acids is 1. The largest absolute Gasteiger partial charge is 0.494 e. The Morgan fingerprint density at radius 1 is 0.966 bits per heavy atom. The van der Waals surface area contributed by atoms with E-state index in [0.717, 1.165) is 29.8 Å². The Balaban J connectivity index is 1.72. The van der Waals surface area contributed by atoms with Crippen molar-refractivity contribution in [2.75, 3.05) is 32.8 Å². The van der Waals surface area contributed by atoms with E-state index in [1.165, 1.54) is 0 Å². The first-order chi connectivity index (χ1) is 14.1. The standard InChI is InChI=1S/C23H27NO5/c1-5-29-17-10-8-15(9-11-17)21-20(14-6-7-14)23(25)24(21)16-12-18(26-2)22(28-4)19(13-16)27-3/h8-14,20-21H,5-7H2,1-4H3. The third-order valence-corrected chi connectivity index (χ3v) is 5.73. The van der Waals surface area contributed by atoms with Gasteiger partial charge < -0.3 is 23.8 Å². The summed E-state index contributed by atoms with van der Waals surface area (Å²) < 4.78 is 22.0. The molecule has 2 unspecified atom stereocenters. The van der Waals surface area contributed by atoms with E-state index >= 15 is 0 Å². The fourth-order valence-electron chi connectivity index (χ4n) is 4.20. The molecule has 1 heterocycles. The van der Waals surface area contributed by atoms with E-state index in [0.29, 0.717) is 29.8 Å². The molecule has 2 aliphatic rings. The number of benzene rings is 2. The minimum absolute atomic E-state index is 0.00603. The molecular weight excluding hydrogens is 370 g/mol. The highest BCUT2D eigenvalue weighted by Crippen LogP contribution is 2.55. The van der Waals surface area contributed by atoms with Gasteiger partial charge in [0.2, 0.25) is 11.7 Å². The summed E-state index contributed by atoms with van der Waals surface area (Å²) in [6.07, 6.45) is 2.24. The van der Waals surface area contributed by atoms with Crippen molar-refractivity contribution in [1.82, 2.24) is 0 Å². The number of nitrogens with zero attached hydrogens (tertiary/aromatic N) is 1. The van der Waals surface area contributed by atoms with Gasteiger partial charge in [0, 0.05) is 12.1 Å². The number of ether oxygens (including phenoxy) is 4. The summed E-state index contributed by atoms with van der Waals surface area (Å²) in [5.41, 5.74) is 1.86. The smallest absolute Gasteiger partial charge is 0.233 e. The number of β-lactam (4-membered cyclic amide) rings is 1. The van der Waals surface area contributed by atoms with E-state index in [2.05, 4.69) is 12.1 Å². The lowest BCUT2D eigenvalue weighted by molar-refractivity contribution is -0.131. The van der Waals surface area contributed by atoms with Crippen LogP contribution in [0.15, 0.2) is 36.4 Å². The van der Waals surface area contributed by atoms with Crippen molar-refractivity contribution >= 4 is 11.6 Å². The lowest BCUT2D eigenvalue weighted by Gasteiger charge is -2.48. The molecule has 1 aliphatic heterocycles. The first-order valence-electron chi connectivity index (χ1n) is 9.98. The average molecular weight is 397 g/mol. The van der Waals surface area contributed by atoms with E-state index in [4.69, 9.17) is 18.9 Å². The van der Waals surface area contributed by atoms with Crippen LogP contribution in [0.2, 0.25) is 0 Å². The Morgan fingerprint density at radius 2 is 1.59 bits per heavy atom. The Morgan fingerprint density at radius 3 is 2.07 bits per heavy atom. The van der Waals surface area contributed by atoms with Crippen molar-refractivity contribution in [2.24, 2.45) is 11.8 Å². The number of hydrogen-bond donors (Lipinski definition) is 0. The van der Waals surface area contributed by atoms with Crippen LogP contribution in [0.25, 0.3) is 0 Å². The van der Waals surface area contributed by atoms with Crippen LogP contribution >= 0.6 is 0 Å². The molecule has 2 atom stereocenters. The molecule has 4 rings (SSSR count). The van der Waals surface area contributed by atoms with Crippen molar-refractivity contribution in [3.8, 4) is 23.0 Å². The third-order valence-electron chi connectivity index (χ3n) is 5.73. The molecule has 0 spiro atoms. The SMILES string of the molecule is CCOc1ccc(C2C(C3CC3)C(=O)N2c2cc(OC)c(OC)c(OC)c2)cc1. The van der Waals surface area contributed by atoms with Crippen molar-refractivity contribution in [3.05, 3.63) is 42.0 Å². The molecule has 1 saturated carbocycles. The highest BCUT2D eigenvalue weighted by Gasteiger charge is 2.55. The molecule has 1 aliphatic carbocycles. The van der Waals surface area contributed by atoms with Gasteiger partial charge in [0.25, 0.3) is 0 Å². The van der Waals surface area contributed by atoms with Gasteiger partial charge in [-0.2, -0.15) is 0 Å². The number of anilines is 1. The zero-order valence-electron chi connectivity index (χ0n) is 17.3. The van der Waals surface area contributed by atoms with Crippen LogP contribution < -0.4 is 23.8 Å². The molecule has 2 fully saturated rings. The first kappa shape index (κ1) is 19.4. The van der Waals surface area contributed by atoms with E-state index in [1.54, 1.807) is 21.3 Å². The van der Waals surface area contributed by atoms with Crippen LogP contribution in [0.5, 0.6) is 23.0 Å². The highest BCUT2D eigenvalue weighted by molar-refractivity contribution is 6.04. The fourth-order valence-corrected chi connectivity index (χ4v) is 4.20. The molecule has 6 nitrogen and oxygen atoms in total. The number of rotatable bonds is 8. The van der Waals surface area contributed by atoms with Crippen molar-refractivity contribution in [1.29, 1.82) is 0 Å². The summed E-state index contributed by atoms with van der Waals surface area (Å²) in [5.74, 6) is 3.07. The van der Waals surface area contributed by atoms with Crippen molar-refractivity contribution in [3.63, 3.8) is 0 Å². The van der Waals surface area contributed by atoms with E-state index in [-0.39, 0.29) is 17.9 Å². The van der Waals surface area contributed by atoms with Gasteiger partial charge in [-0.25, -0.2) is 0 Å².